The molecule has 0 aliphatic rings. The van der Waals surface area contributed by atoms with E-state index in [4.69, 9.17) is 21.1 Å². The van der Waals surface area contributed by atoms with Crippen molar-refractivity contribution in [2.45, 2.75) is 13.8 Å². The summed E-state index contributed by atoms with van der Waals surface area (Å²) in [5.41, 5.74) is 2.54. The van der Waals surface area contributed by atoms with Gasteiger partial charge < -0.3 is 14.8 Å². The Balaban J connectivity index is 1.75. The first kappa shape index (κ1) is 17.8. The molecule has 0 atom stereocenters. The maximum Gasteiger partial charge on any atom is 0.344 e. The molecule has 0 saturated carbocycles. The summed E-state index contributed by atoms with van der Waals surface area (Å²) < 4.78 is 10.2. The van der Waals surface area contributed by atoms with E-state index in [-0.39, 0.29) is 13.2 Å². The zero-order chi connectivity index (χ0) is 17.5. The van der Waals surface area contributed by atoms with E-state index in [1.807, 2.05) is 26.0 Å². The average Bonchev–Trinajstić information content (AvgIpc) is 2.56. The van der Waals surface area contributed by atoms with E-state index < -0.39 is 11.9 Å². The lowest BCUT2D eigenvalue weighted by atomic mass is 10.2. The van der Waals surface area contributed by atoms with Crippen molar-refractivity contribution in [2.75, 3.05) is 18.5 Å². The average molecular weight is 348 g/mol. The molecular weight excluding hydrogens is 330 g/mol. The number of ether oxygens (including phenoxy) is 2. The van der Waals surface area contributed by atoms with Crippen LogP contribution in [0.1, 0.15) is 11.1 Å². The van der Waals surface area contributed by atoms with Crippen LogP contribution in [0, 0.1) is 13.8 Å². The van der Waals surface area contributed by atoms with Crippen LogP contribution in [0.25, 0.3) is 0 Å². The third kappa shape index (κ3) is 5.59. The molecule has 1 N–H and O–H groups in total. The quantitative estimate of drug-likeness (QED) is 0.812. The highest BCUT2D eigenvalue weighted by atomic mass is 35.5. The molecule has 24 heavy (non-hydrogen) atoms. The first-order valence-corrected chi connectivity index (χ1v) is 7.73. The van der Waals surface area contributed by atoms with Crippen molar-refractivity contribution in [1.82, 2.24) is 0 Å². The number of halogens is 1. The van der Waals surface area contributed by atoms with Gasteiger partial charge in [0.05, 0.1) is 0 Å². The summed E-state index contributed by atoms with van der Waals surface area (Å²) in [6, 6.07) is 12.4. The highest BCUT2D eigenvalue weighted by Gasteiger charge is 2.10. The molecule has 0 aromatic heterocycles. The predicted octanol–water partition coefficient (Wildman–Crippen LogP) is 3.52. The number of amides is 1. The van der Waals surface area contributed by atoms with Crippen molar-refractivity contribution in [3.05, 3.63) is 58.6 Å². The van der Waals surface area contributed by atoms with Gasteiger partial charge in [-0.05, 0) is 43.7 Å². The number of esters is 1. The fraction of sp³-hybridized carbons (Fsp3) is 0.222. The van der Waals surface area contributed by atoms with Crippen molar-refractivity contribution in [3.8, 4) is 5.75 Å². The number of hydrogen-bond acceptors (Lipinski definition) is 4. The molecule has 2 rings (SSSR count). The molecule has 0 saturated heterocycles. The van der Waals surface area contributed by atoms with Crippen LogP contribution in [0.5, 0.6) is 5.75 Å². The van der Waals surface area contributed by atoms with Gasteiger partial charge in [-0.15, -0.1) is 0 Å². The minimum Gasteiger partial charge on any atom is -0.482 e. The summed E-state index contributed by atoms with van der Waals surface area (Å²) in [6.07, 6.45) is 0. The fourth-order valence-corrected chi connectivity index (χ4v) is 2.05. The first-order chi connectivity index (χ1) is 11.4. The predicted molar refractivity (Wildman–Crippen MR) is 92.5 cm³/mol. The second-order valence-electron chi connectivity index (χ2n) is 5.27. The van der Waals surface area contributed by atoms with Gasteiger partial charge in [0.25, 0.3) is 5.91 Å². The van der Waals surface area contributed by atoms with E-state index in [1.54, 1.807) is 30.3 Å². The highest BCUT2D eigenvalue weighted by molar-refractivity contribution is 6.31. The molecule has 126 valence electrons. The Morgan fingerprint density at radius 2 is 1.75 bits per heavy atom. The molecule has 0 radical (unpaired) electrons. The summed E-state index contributed by atoms with van der Waals surface area (Å²) in [5.74, 6) is -0.492. The van der Waals surface area contributed by atoms with E-state index in [0.717, 1.165) is 11.1 Å². The van der Waals surface area contributed by atoms with E-state index in [0.29, 0.717) is 16.5 Å². The Morgan fingerprint density at radius 3 is 2.46 bits per heavy atom. The van der Waals surface area contributed by atoms with Gasteiger partial charge >= 0.3 is 5.97 Å². The van der Waals surface area contributed by atoms with E-state index in [2.05, 4.69) is 5.32 Å². The normalized spacial score (nSPS) is 10.1. The molecule has 0 fully saturated rings. The molecule has 0 aliphatic carbocycles. The topological polar surface area (TPSA) is 64.6 Å². The number of carbonyl (C=O) groups excluding carboxylic acids is 2. The number of carbonyl (C=O) groups is 2. The number of hydrogen-bond donors (Lipinski definition) is 1. The zero-order valence-electron chi connectivity index (χ0n) is 13.5. The lowest BCUT2D eigenvalue weighted by molar-refractivity contribution is -0.149. The molecular formula is C18H18ClNO4. The van der Waals surface area contributed by atoms with Gasteiger partial charge in [0.15, 0.2) is 13.2 Å². The van der Waals surface area contributed by atoms with Crippen LogP contribution in [0.15, 0.2) is 42.5 Å². The number of aryl methyl sites for hydroxylation is 2. The molecule has 1 amide bonds. The lowest BCUT2D eigenvalue weighted by Crippen LogP contribution is -2.24. The maximum atomic E-state index is 11.8. The molecule has 0 aliphatic heterocycles. The van der Waals surface area contributed by atoms with E-state index in [1.165, 1.54) is 0 Å². The molecule has 5 nitrogen and oxygen atoms in total. The van der Waals surface area contributed by atoms with Gasteiger partial charge in [0, 0.05) is 10.7 Å². The molecule has 2 aromatic carbocycles. The molecule has 0 heterocycles. The molecule has 0 unspecified atom stereocenters. The minimum absolute atomic E-state index is 0.257. The van der Waals surface area contributed by atoms with Gasteiger partial charge in [-0.25, -0.2) is 4.79 Å². The van der Waals surface area contributed by atoms with Gasteiger partial charge in [0.1, 0.15) is 5.75 Å². The van der Waals surface area contributed by atoms with Crippen LogP contribution < -0.4 is 10.1 Å². The number of anilines is 1. The smallest absolute Gasteiger partial charge is 0.344 e. The van der Waals surface area contributed by atoms with Crippen molar-refractivity contribution >= 4 is 29.2 Å². The van der Waals surface area contributed by atoms with Crippen LogP contribution in [0.4, 0.5) is 5.69 Å². The molecule has 6 heteroatoms. The fourth-order valence-electron chi connectivity index (χ4n) is 1.88. The third-order valence-corrected chi connectivity index (χ3v) is 3.45. The second kappa shape index (κ2) is 8.36. The Labute approximate surface area is 145 Å². The molecule has 2 aromatic rings. The van der Waals surface area contributed by atoms with Gasteiger partial charge in [-0.3, -0.25) is 4.79 Å². The zero-order valence-corrected chi connectivity index (χ0v) is 14.2. The maximum absolute atomic E-state index is 11.8. The first-order valence-electron chi connectivity index (χ1n) is 7.35. The van der Waals surface area contributed by atoms with Gasteiger partial charge in [-0.2, -0.15) is 0 Å². The summed E-state index contributed by atoms with van der Waals surface area (Å²) >= 11 is 5.88. The van der Waals surface area contributed by atoms with Crippen LogP contribution in [0.2, 0.25) is 5.02 Å². The van der Waals surface area contributed by atoms with Crippen LogP contribution in [-0.4, -0.2) is 25.1 Å². The number of nitrogens with one attached hydrogen (secondary N) is 1. The summed E-state index contributed by atoms with van der Waals surface area (Å²) in [4.78, 5) is 23.4. The standard InChI is InChI=1S/C18H18ClNO4/c1-12-3-7-15(8-4-12)23-11-18(22)24-10-17(21)20-16-9-14(19)6-5-13(16)2/h3-9H,10-11H2,1-2H3,(H,20,21). The highest BCUT2D eigenvalue weighted by Crippen LogP contribution is 2.20. The molecule has 0 spiro atoms. The second-order valence-corrected chi connectivity index (χ2v) is 5.71. The largest absolute Gasteiger partial charge is 0.482 e. The summed E-state index contributed by atoms with van der Waals surface area (Å²) in [5, 5.41) is 3.16. The van der Waals surface area contributed by atoms with Crippen molar-refractivity contribution in [2.24, 2.45) is 0 Å². The Bertz CT molecular complexity index is 728. The Hall–Kier alpha value is -2.53. The molecule has 0 bridgehead atoms. The minimum atomic E-state index is -0.617. The monoisotopic (exact) mass is 347 g/mol. The van der Waals surface area contributed by atoms with Crippen LogP contribution >= 0.6 is 11.6 Å². The van der Waals surface area contributed by atoms with Crippen LogP contribution in [0.3, 0.4) is 0 Å². The summed E-state index contributed by atoms with van der Waals surface area (Å²) in [7, 11) is 0. The van der Waals surface area contributed by atoms with Crippen molar-refractivity contribution in [1.29, 1.82) is 0 Å². The number of benzene rings is 2. The number of rotatable bonds is 6. The Morgan fingerprint density at radius 1 is 1.04 bits per heavy atom. The van der Waals surface area contributed by atoms with E-state index >= 15 is 0 Å². The van der Waals surface area contributed by atoms with Crippen molar-refractivity contribution in [3.63, 3.8) is 0 Å². The van der Waals surface area contributed by atoms with Crippen molar-refractivity contribution < 1.29 is 19.1 Å². The lowest BCUT2D eigenvalue weighted by Gasteiger charge is -2.10. The van der Waals surface area contributed by atoms with E-state index in [9.17, 15) is 9.59 Å². The van der Waals surface area contributed by atoms with Crippen LogP contribution in [-0.2, 0) is 14.3 Å². The Kier molecular flexibility index (Phi) is 6.21. The third-order valence-electron chi connectivity index (χ3n) is 3.22. The van der Waals surface area contributed by atoms with Gasteiger partial charge in [0.2, 0.25) is 0 Å². The summed E-state index contributed by atoms with van der Waals surface area (Å²) in [6.45, 7) is 3.15. The van der Waals surface area contributed by atoms with Gasteiger partial charge in [-0.1, -0.05) is 35.4 Å². The SMILES string of the molecule is Cc1ccc(OCC(=O)OCC(=O)Nc2cc(Cl)ccc2C)cc1.